The summed E-state index contributed by atoms with van der Waals surface area (Å²) < 4.78 is 5.08. The highest BCUT2D eigenvalue weighted by Crippen LogP contribution is 2.10. The molecular weight excluding hydrogens is 250 g/mol. The summed E-state index contributed by atoms with van der Waals surface area (Å²) in [5, 5.41) is 3.51. The largest absolute Gasteiger partial charge is 0.481 e. The van der Waals surface area contributed by atoms with E-state index >= 15 is 0 Å². The number of methoxy groups -OCH3 is 1. The van der Waals surface area contributed by atoms with Gasteiger partial charge < -0.3 is 10.1 Å². The zero-order chi connectivity index (χ0) is 14.2. The van der Waals surface area contributed by atoms with E-state index in [9.17, 15) is 0 Å². The molecule has 0 saturated heterocycles. The zero-order valence-electron chi connectivity index (χ0n) is 12.0. The van der Waals surface area contributed by atoms with Crippen LogP contribution in [0.2, 0.25) is 0 Å². The molecule has 4 heteroatoms. The van der Waals surface area contributed by atoms with Gasteiger partial charge in [0.25, 0.3) is 0 Å². The standard InChI is InChI=1S/C16H21N3O/c1-3-17-15(11-14-6-4-5-9-18-14)10-13-7-8-16(20-2)19-12-13/h4-9,12,15,17H,3,10-11H2,1-2H3. The van der Waals surface area contributed by atoms with Gasteiger partial charge in [-0.1, -0.05) is 19.1 Å². The Morgan fingerprint density at radius 1 is 1.15 bits per heavy atom. The fourth-order valence-electron chi connectivity index (χ4n) is 2.21. The molecule has 0 aliphatic carbocycles. The topological polar surface area (TPSA) is 47.0 Å². The van der Waals surface area contributed by atoms with Crippen LogP contribution in [-0.2, 0) is 12.8 Å². The van der Waals surface area contributed by atoms with E-state index < -0.39 is 0 Å². The maximum absolute atomic E-state index is 5.08. The summed E-state index contributed by atoms with van der Waals surface area (Å²) in [6.45, 7) is 3.07. The van der Waals surface area contributed by atoms with Crippen molar-refractivity contribution in [3.63, 3.8) is 0 Å². The van der Waals surface area contributed by atoms with Crippen molar-refractivity contribution in [3.8, 4) is 5.88 Å². The van der Waals surface area contributed by atoms with Crippen LogP contribution < -0.4 is 10.1 Å². The lowest BCUT2D eigenvalue weighted by Gasteiger charge is -2.17. The maximum atomic E-state index is 5.08. The van der Waals surface area contributed by atoms with Gasteiger partial charge in [0, 0.05) is 36.6 Å². The predicted octanol–water partition coefficient (Wildman–Crippen LogP) is 2.25. The van der Waals surface area contributed by atoms with E-state index in [1.807, 2.05) is 30.6 Å². The molecule has 0 aromatic carbocycles. The Morgan fingerprint density at radius 2 is 2.05 bits per heavy atom. The number of aromatic nitrogens is 2. The van der Waals surface area contributed by atoms with Crippen LogP contribution in [-0.4, -0.2) is 29.7 Å². The molecule has 0 saturated carbocycles. The molecule has 0 radical (unpaired) electrons. The minimum atomic E-state index is 0.366. The zero-order valence-corrected chi connectivity index (χ0v) is 12.0. The second-order valence-corrected chi connectivity index (χ2v) is 4.69. The molecule has 2 rings (SSSR count). The van der Waals surface area contributed by atoms with Crippen LogP contribution >= 0.6 is 0 Å². The lowest BCUT2D eigenvalue weighted by atomic mass is 10.0. The van der Waals surface area contributed by atoms with E-state index in [-0.39, 0.29) is 0 Å². The van der Waals surface area contributed by atoms with Crippen molar-refractivity contribution >= 4 is 0 Å². The van der Waals surface area contributed by atoms with E-state index in [1.54, 1.807) is 7.11 Å². The number of ether oxygens (including phenoxy) is 1. The Labute approximate surface area is 120 Å². The summed E-state index contributed by atoms with van der Waals surface area (Å²) in [5.41, 5.74) is 2.31. The Balaban J connectivity index is 2.00. The predicted molar refractivity (Wildman–Crippen MR) is 79.9 cm³/mol. The van der Waals surface area contributed by atoms with E-state index in [0.29, 0.717) is 11.9 Å². The second kappa shape index (κ2) is 7.60. The monoisotopic (exact) mass is 271 g/mol. The number of rotatable bonds is 7. The third-order valence-electron chi connectivity index (χ3n) is 3.16. The number of hydrogen-bond donors (Lipinski definition) is 1. The molecule has 20 heavy (non-hydrogen) atoms. The molecule has 0 bridgehead atoms. The molecule has 1 unspecified atom stereocenters. The maximum Gasteiger partial charge on any atom is 0.212 e. The van der Waals surface area contributed by atoms with Crippen molar-refractivity contribution in [2.24, 2.45) is 0 Å². The molecule has 2 aromatic rings. The van der Waals surface area contributed by atoms with Gasteiger partial charge in [-0.15, -0.1) is 0 Å². The molecular formula is C16H21N3O. The average Bonchev–Trinajstić information content (AvgIpc) is 2.49. The second-order valence-electron chi connectivity index (χ2n) is 4.69. The molecule has 4 nitrogen and oxygen atoms in total. The molecule has 1 N–H and O–H groups in total. The number of nitrogens with zero attached hydrogens (tertiary/aromatic N) is 2. The highest BCUT2D eigenvalue weighted by molar-refractivity contribution is 5.19. The van der Waals surface area contributed by atoms with Crippen LogP contribution in [0.15, 0.2) is 42.7 Å². The summed E-state index contributed by atoms with van der Waals surface area (Å²) in [6, 6.07) is 10.4. The van der Waals surface area contributed by atoms with Gasteiger partial charge in [0.05, 0.1) is 7.11 Å². The number of hydrogen-bond acceptors (Lipinski definition) is 4. The van der Waals surface area contributed by atoms with Gasteiger partial charge in [-0.2, -0.15) is 0 Å². The molecule has 0 spiro atoms. The van der Waals surface area contributed by atoms with E-state index in [1.165, 1.54) is 5.56 Å². The van der Waals surface area contributed by atoms with Crippen molar-refractivity contribution in [1.82, 2.24) is 15.3 Å². The van der Waals surface area contributed by atoms with Gasteiger partial charge in [0.1, 0.15) is 0 Å². The van der Waals surface area contributed by atoms with Gasteiger partial charge in [-0.05, 0) is 30.7 Å². The van der Waals surface area contributed by atoms with Gasteiger partial charge in [-0.3, -0.25) is 4.98 Å². The van der Waals surface area contributed by atoms with E-state index in [2.05, 4.69) is 34.3 Å². The van der Waals surface area contributed by atoms with Crippen LogP contribution in [0, 0.1) is 0 Å². The Hall–Kier alpha value is -1.94. The highest BCUT2D eigenvalue weighted by Gasteiger charge is 2.10. The van der Waals surface area contributed by atoms with Gasteiger partial charge >= 0.3 is 0 Å². The van der Waals surface area contributed by atoms with Crippen molar-refractivity contribution in [1.29, 1.82) is 0 Å². The number of nitrogens with one attached hydrogen (secondary N) is 1. The summed E-state index contributed by atoms with van der Waals surface area (Å²) >= 11 is 0. The van der Waals surface area contributed by atoms with Crippen LogP contribution in [0.5, 0.6) is 5.88 Å². The van der Waals surface area contributed by atoms with Crippen LogP contribution in [0.4, 0.5) is 0 Å². The minimum Gasteiger partial charge on any atom is -0.481 e. The van der Waals surface area contributed by atoms with Crippen molar-refractivity contribution in [2.45, 2.75) is 25.8 Å². The van der Waals surface area contributed by atoms with Gasteiger partial charge in [0.15, 0.2) is 0 Å². The first-order valence-electron chi connectivity index (χ1n) is 6.94. The normalized spacial score (nSPS) is 12.1. The molecule has 0 fully saturated rings. The average molecular weight is 271 g/mol. The summed E-state index contributed by atoms with van der Waals surface area (Å²) in [6.07, 6.45) is 5.57. The summed E-state index contributed by atoms with van der Waals surface area (Å²) in [4.78, 5) is 8.65. The smallest absolute Gasteiger partial charge is 0.212 e. The molecule has 2 heterocycles. The third-order valence-corrected chi connectivity index (χ3v) is 3.16. The molecule has 106 valence electrons. The first-order valence-corrected chi connectivity index (χ1v) is 6.94. The van der Waals surface area contributed by atoms with Crippen molar-refractivity contribution in [2.75, 3.05) is 13.7 Å². The fraction of sp³-hybridized carbons (Fsp3) is 0.375. The molecule has 1 atom stereocenters. The minimum absolute atomic E-state index is 0.366. The number of likely N-dealkylation sites (N-methyl/N-ethyl adjacent to an activating group) is 1. The summed E-state index contributed by atoms with van der Waals surface area (Å²) in [5.74, 6) is 0.651. The first-order chi connectivity index (χ1) is 9.81. The molecule has 2 aromatic heterocycles. The Morgan fingerprint density at radius 3 is 2.65 bits per heavy atom. The van der Waals surface area contributed by atoms with Crippen LogP contribution in [0.25, 0.3) is 0 Å². The van der Waals surface area contributed by atoms with Gasteiger partial charge in [-0.25, -0.2) is 4.98 Å². The van der Waals surface area contributed by atoms with Crippen molar-refractivity contribution in [3.05, 3.63) is 54.0 Å². The molecule has 0 aliphatic rings. The lowest BCUT2D eigenvalue weighted by molar-refractivity contribution is 0.397. The highest BCUT2D eigenvalue weighted by atomic mass is 16.5. The number of pyridine rings is 2. The van der Waals surface area contributed by atoms with Gasteiger partial charge in [0.2, 0.25) is 5.88 Å². The quantitative estimate of drug-likeness (QED) is 0.839. The van der Waals surface area contributed by atoms with Crippen molar-refractivity contribution < 1.29 is 4.74 Å². The van der Waals surface area contributed by atoms with Crippen LogP contribution in [0.1, 0.15) is 18.2 Å². The lowest BCUT2D eigenvalue weighted by Crippen LogP contribution is -2.33. The third kappa shape index (κ3) is 4.31. The fourth-order valence-corrected chi connectivity index (χ4v) is 2.21. The van der Waals surface area contributed by atoms with E-state index in [4.69, 9.17) is 4.74 Å². The van der Waals surface area contributed by atoms with Crippen LogP contribution in [0.3, 0.4) is 0 Å². The Bertz CT molecular complexity index is 499. The summed E-state index contributed by atoms with van der Waals surface area (Å²) in [7, 11) is 1.63. The van der Waals surface area contributed by atoms with E-state index in [0.717, 1.165) is 25.1 Å². The first kappa shape index (κ1) is 14.5. The molecule has 0 aliphatic heterocycles. The Kier molecular flexibility index (Phi) is 5.50. The SMILES string of the molecule is CCNC(Cc1ccc(OC)nc1)Cc1ccccn1. The molecule has 0 amide bonds.